The van der Waals surface area contributed by atoms with Crippen LogP contribution in [-0.4, -0.2) is 36.1 Å². The molecule has 0 radical (unpaired) electrons. The lowest BCUT2D eigenvalue weighted by Crippen LogP contribution is -2.45. The number of carbonyl (C=O) groups excluding carboxylic acids is 2. The summed E-state index contributed by atoms with van der Waals surface area (Å²) in [6.07, 6.45) is 1.60. The van der Waals surface area contributed by atoms with Crippen LogP contribution in [0.2, 0.25) is 0 Å². The average Bonchev–Trinajstić information content (AvgIpc) is 2.51. The predicted molar refractivity (Wildman–Crippen MR) is 71.3 cm³/mol. The molecule has 100 valence electrons. The lowest BCUT2D eigenvalue weighted by molar-refractivity contribution is -0.135. The second kappa shape index (κ2) is 5.19. The predicted octanol–water partition coefficient (Wildman–Crippen LogP) is -0.00300. The lowest BCUT2D eigenvalue weighted by atomic mass is 10.00. The van der Waals surface area contributed by atoms with Crippen LogP contribution in [0.25, 0.3) is 0 Å². The van der Waals surface area contributed by atoms with Crippen LogP contribution in [0, 0.1) is 0 Å². The summed E-state index contributed by atoms with van der Waals surface area (Å²) < 4.78 is 0. The molecule has 0 bridgehead atoms. The molecule has 2 rings (SSSR count). The second-order valence-corrected chi connectivity index (χ2v) is 4.47. The summed E-state index contributed by atoms with van der Waals surface area (Å²) >= 11 is 0. The summed E-state index contributed by atoms with van der Waals surface area (Å²) in [5, 5.41) is 7.90. The number of amides is 2. The largest absolute Gasteiger partial charge is 0.339 e. The molecule has 2 amide bonds. The first kappa shape index (κ1) is 13.2. The number of carbonyl (C=O) groups is 2. The molecule has 1 aromatic carbocycles. The monoisotopic (exact) mass is 260 g/mol. The summed E-state index contributed by atoms with van der Waals surface area (Å²) in [4.78, 5) is 24.0. The quantitative estimate of drug-likeness (QED) is 0.784. The molecular weight excluding hydrogens is 244 g/mol. The zero-order valence-electron chi connectivity index (χ0n) is 10.8. The second-order valence-electron chi connectivity index (χ2n) is 4.47. The van der Waals surface area contributed by atoms with E-state index >= 15 is 0 Å². The molecule has 0 saturated heterocycles. The van der Waals surface area contributed by atoms with E-state index in [9.17, 15) is 9.59 Å². The zero-order chi connectivity index (χ0) is 14.0. The number of nitrogens with two attached hydrogens (primary N) is 1. The van der Waals surface area contributed by atoms with Gasteiger partial charge in [-0.2, -0.15) is 5.10 Å². The molecule has 1 unspecified atom stereocenters. The number of hydrogen-bond acceptors (Lipinski definition) is 4. The van der Waals surface area contributed by atoms with E-state index in [1.54, 1.807) is 26.3 Å². The van der Waals surface area contributed by atoms with Crippen molar-refractivity contribution in [2.45, 2.75) is 19.0 Å². The molecular formula is C13H16N4O2. The van der Waals surface area contributed by atoms with Gasteiger partial charge >= 0.3 is 0 Å². The Morgan fingerprint density at radius 2 is 2.16 bits per heavy atom. The van der Waals surface area contributed by atoms with E-state index in [1.165, 1.54) is 5.01 Å². The van der Waals surface area contributed by atoms with Gasteiger partial charge in [0.1, 0.15) is 6.04 Å². The van der Waals surface area contributed by atoms with Crippen LogP contribution in [0.4, 0.5) is 0 Å². The number of fused-ring (bicyclic) bond motifs is 1. The van der Waals surface area contributed by atoms with Crippen molar-refractivity contribution >= 4 is 18.0 Å². The number of hydrazone groups is 1. The summed E-state index contributed by atoms with van der Waals surface area (Å²) in [5.74, 6) is -0.668. The molecule has 0 aliphatic carbocycles. The fourth-order valence-corrected chi connectivity index (χ4v) is 1.83. The van der Waals surface area contributed by atoms with E-state index in [1.807, 2.05) is 18.2 Å². The third-order valence-corrected chi connectivity index (χ3v) is 2.94. The minimum atomic E-state index is -0.762. The van der Waals surface area contributed by atoms with Crippen molar-refractivity contribution in [1.29, 1.82) is 0 Å². The molecule has 1 aliphatic rings. The molecule has 6 heteroatoms. The number of nitrogens with zero attached hydrogens (tertiary/aromatic N) is 2. The maximum atomic E-state index is 12.2. The van der Waals surface area contributed by atoms with Gasteiger partial charge < -0.3 is 11.1 Å². The topological polar surface area (TPSA) is 87.8 Å². The van der Waals surface area contributed by atoms with Crippen LogP contribution < -0.4 is 11.1 Å². The van der Waals surface area contributed by atoms with Crippen molar-refractivity contribution < 1.29 is 9.59 Å². The summed E-state index contributed by atoms with van der Waals surface area (Å²) in [7, 11) is 1.55. The number of rotatable bonds is 2. The molecule has 0 saturated carbocycles. The minimum absolute atomic E-state index is 0.296. The van der Waals surface area contributed by atoms with Crippen molar-refractivity contribution in [1.82, 2.24) is 10.3 Å². The van der Waals surface area contributed by atoms with Crippen LogP contribution in [-0.2, 0) is 9.59 Å². The van der Waals surface area contributed by atoms with Gasteiger partial charge in [0, 0.05) is 12.6 Å². The van der Waals surface area contributed by atoms with Gasteiger partial charge in [0.2, 0.25) is 5.91 Å². The van der Waals surface area contributed by atoms with Crippen LogP contribution in [0.5, 0.6) is 0 Å². The van der Waals surface area contributed by atoms with Crippen LogP contribution in [0.1, 0.15) is 24.1 Å². The number of nitrogens with one attached hydrogen (secondary N) is 1. The van der Waals surface area contributed by atoms with Gasteiger partial charge in [-0.15, -0.1) is 0 Å². The van der Waals surface area contributed by atoms with Gasteiger partial charge in [-0.05, 0) is 12.5 Å². The Balaban J connectivity index is 2.40. The fourth-order valence-electron chi connectivity index (χ4n) is 1.83. The highest BCUT2D eigenvalue weighted by atomic mass is 16.2. The molecule has 1 aliphatic heterocycles. The third-order valence-electron chi connectivity index (χ3n) is 2.94. The number of likely N-dealkylation sites (N-methyl/N-ethyl adjacent to an activating group) is 1. The van der Waals surface area contributed by atoms with Gasteiger partial charge in [0.15, 0.2) is 0 Å². The standard InChI is InChI=1S/C13H16N4O2/c1-8(14)12(18)16-11-10-6-4-3-5-9(10)7-15-17(2)13(11)19/h3-8,11H,14H2,1-2H3,(H,16,18)/t8-,11?/m0/s1. The van der Waals surface area contributed by atoms with Gasteiger partial charge in [0.25, 0.3) is 5.91 Å². The van der Waals surface area contributed by atoms with Crippen LogP contribution in [0.15, 0.2) is 29.4 Å². The number of benzene rings is 1. The highest BCUT2D eigenvalue weighted by Gasteiger charge is 2.29. The van der Waals surface area contributed by atoms with E-state index in [2.05, 4.69) is 10.4 Å². The Bertz CT molecular complexity index is 539. The Hall–Kier alpha value is -2.21. The van der Waals surface area contributed by atoms with Crippen molar-refractivity contribution in [2.24, 2.45) is 10.8 Å². The van der Waals surface area contributed by atoms with Gasteiger partial charge in [-0.25, -0.2) is 5.01 Å². The van der Waals surface area contributed by atoms with E-state index in [-0.39, 0.29) is 11.8 Å². The normalized spacial score (nSPS) is 19.6. The van der Waals surface area contributed by atoms with Crippen LogP contribution >= 0.6 is 0 Å². The van der Waals surface area contributed by atoms with Crippen LogP contribution in [0.3, 0.4) is 0 Å². The van der Waals surface area contributed by atoms with E-state index in [0.717, 1.165) is 11.1 Å². The highest BCUT2D eigenvalue weighted by molar-refractivity contribution is 5.95. The first-order valence-corrected chi connectivity index (χ1v) is 5.97. The van der Waals surface area contributed by atoms with Crippen molar-refractivity contribution in [3.05, 3.63) is 35.4 Å². The minimum Gasteiger partial charge on any atom is -0.339 e. The van der Waals surface area contributed by atoms with E-state index in [0.29, 0.717) is 0 Å². The SMILES string of the molecule is C[C@H](N)C(=O)NC1C(=O)N(C)N=Cc2ccccc21. The molecule has 3 N–H and O–H groups in total. The van der Waals surface area contributed by atoms with E-state index < -0.39 is 12.1 Å². The first-order chi connectivity index (χ1) is 9.00. The van der Waals surface area contributed by atoms with Gasteiger partial charge in [-0.1, -0.05) is 24.3 Å². The molecule has 1 aromatic rings. The molecule has 19 heavy (non-hydrogen) atoms. The first-order valence-electron chi connectivity index (χ1n) is 5.97. The third kappa shape index (κ3) is 2.63. The molecule has 0 fully saturated rings. The Kier molecular flexibility index (Phi) is 3.62. The summed E-state index contributed by atoms with van der Waals surface area (Å²) in [6, 6.07) is 5.87. The zero-order valence-corrected chi connectivity index (χ0v) is 10.8. The fraction of sp³-hybridized carbons (Fsp3) is 0.308. The maximum absolute atomic E-state index is 12.2. The number of hydrogen-bond donors (Lipinski definition) is 2. The Morgan fingerprint density at radius 1 is 1.47 bits per heavy atom. The smallest absolute Gasteiger partial charge is 0.269 e. The van der Waals surface area contributed by atoms with Gasteiger partial charge in [0.05, 0.1) is 12.3 Å². The Morgan fingerprint density at radius 3 is 2.84 bits per heavy atom. The summed E-state index contributed by atoms with van der Waals surface area (Å²) in [6.45, 7) is 1.57. The maximum Gasteiger partial charge on any atom is 0.269 e. The van der Waals surface area contributed by atoms with Crippen molar-refractivity contribution in [3.63, 3.8) is 0 Å². The Labute approximate surface area is 111 Å². The van der Waals surface area contributed by atoms with E-state index in [4.69, 9.17) is 5.73 Å². The van der Waals surface area contributed by atoms with Gasteiger partial charge in [-0.3, -0.25) is 9.59 Å². The molecule has 0 aromatic heterocycles. The average molecular weight is 260 g/mol. The molecule has 2 atom stereocenters. The summed E-state index contributed by atoms with van der Waals surface area (Å²) in [5.41, 5.74) is 7.04. The molecule has 0 spiro atoms. The highest BCUT2D eigenvalue weighted by Crippen LogP contribution is 2.21. The van der Waals surface area contributed by atoms with Crippen molar-refractivity contribution in [2.75, 3.05) is 7.05 Å². The molecule has 6 nitrogen and oxygen atoms in total. The van der Waals surface area contributed by atoms with Crippen molar-refractivity contribution in [3.8, 4) is 0 Å². The molecule has 1 heterocycles. The lowest BCUT2D eigenvalue weighted by Gasteiger charge is -2.21.